The van der Waals surface area contributed by atoms with Crippen LogP contribution < -0.4 is 0 Å². The number of allylic oxidation sites excluding steroid dienone is 1. The summed E-state index contributed by atoms with van der Waals surface area (Å²) >= 11 is 1.26. The molecule has 17 heavy (non-hydrogen) atoms. The van der Waals surface area contributed by atoms with E-state index < -0.39 is 5.97 Å². The number of benzene rings is 1. The highest BCUT2D eigenvalue weighted by Crippen LogP contribution is 2.29. The van der Waals surface area contributed by atoms with Gasteiger partial charge in [0.25, 0.3) is 0 Å². The third-order valence-corrected chi connectivity index (χ3v) is 3.42. The third-order valence-electron chi connectivity index (χ3n) is 2.34. The number of carbonyl (C=O) groups is 2. The second kappa shape index (κ2) is 4.93. The number of thiophene rings is 1. The molecule has 0 bridgehead atoms. The van der Waals surface area contributed by atoms with Crippen molar-refractivity contribution in [1.82, 2.24) is 0 Å². The third kappa shape index (κ3) is 2.42. The van der Waals surface area contributed by atoms with Gasteiger partial charge in [0.2, 0.25) is 0 Å². The van der Waals surface area contributed by atoms with E-state index in [1.165, 1.54) is 11.3 Å². The van der Waals surface area contributed by atoms with Gasteiger partial charge in [0.15, 0.2) is 0 Å². The lowest BCUT2D eigenvalue weighted by Gasteiger charge is -1.95. The molecule has 0 radical (unpaired) electrons. The van der Waals surface area contributed by atoms with E-state index in [1.807, 2.05) is 24.3 Å². The molecule has 1 aromatic heterocycles. The van der Waals surface area contributed by atoms with Gasteiger partial charge >= 0.3 is 5.97 Å². The van der Waals surface area contributed by atoms with Crippen molar-refractivity contribution in [2.75, 3.05) is 0 Å². The van der Waals surface area contributed by atoms with Crippen LogP contribution in [-0.4, -0.2) is 17.4 Å². The van der Waals surface area contributed by atoms with E-state index in [0.717, 1.165) is 21.9 Å². The fraction of sp³-hybridized carbons (Fsp3) is 0.0769. The summed E-state index contributed by atoms with van der Waals surface area (Å²) in [6.45, 7) is 0. The highest BCUT2D eigenvalue weighted by molar-refractivity contribution is 7.20. The van der Waals surface area contributed by atoms with Gasteiger partial charge in [0.05, 0.1) is 0 Å². The predicted molar refractivity (Wildman–Crippen MR) is 68.5 cm³/mol. The average molecular weight is 246 g/mol. The minimum atomic E-state index is -0.908. The summed E-state index contributed by atoms with van der Waals surface area (Å²) in [4.78, 5) is 21.4. The van der Waals surface area contributed by atoms with E-state index in [4.69, 9.17) is 5.11 Å². The van der Waals surface area contributed by atoms with Crippen LogP contribution in [0, 0.1) is 0 Å². The van der Waals surface area contributed by atoms with Gasteiger partial charge < -0.3 is 9.90 Å². The number of carboxylic acids is 1. The van der Waals surface area contributed by atoms with Crippen molar-refractivity contribution in [3.05, 3.63) is 40.8 Å². The van der Waals surface area contributed by atoms with Gasteiger partial charge in [-0.2, -0.15) is 0 Å². The van der Waals surface area contributed by atoms with Crippen molar-refractivity contribution in [1.29, 1.82) is 0 Å². The number of hydrogen-bond acceptors (Lipinski definition) is 3. The summed E-state index contributed by atoms with van der Waals surface area (Å²) in [7, 11) is 0. The Morgan fingerprint density at radius 2 is 2.24 bits per heavy atom. The second-order valence-corrected chi connectivity index (χ2v) is 4.56. The van der Waals surface area contributed by atoms with Crippen LogP contribution in [0.4, 0.5) is 0 Å². The van der Waals surface area contributed by atoms with Crippen molar-refractivity contribution in [3.63, 3.8) is 0 Å². The molecular formula is C13H10O3S. The largest absolute Gasteiger partial charge is 0.477 e. The van der Waals surface area contributed by atoms with E-state index in [0.29, 0.717) is 11.3 Å². The van der Waals surface area contributed by atoms with Crippen LogP contribution in [0.2, 0.25) is 0 Å². The minimum Gasteiger partial charge on any atom is -0.477 e. The molecule has 2 rings (SSSR count). The number of aromatic carboxylic acids is 1. The fourth-order valence-corrected chi connectivity index (χ4v) is 2.52. The van der Waals surface area contributed by atoms with Gasteiger partial charge in [0, 0.05) is 16.5 Å². The Kier molecular flexibility index (Phi) is 3.35. The Morgan fingerprint density at radius 3 is 2.94 bits per heavy atom. The van der Waals surface area contributed by atoms with E-state index in [2.05, 4.69) is 0 Å². The Balaban J connectivity index is 2.49. The Labute approximate surface area is 102 Å². The Morgan fingerprint density at radius 1 is 1.41 bits per heavy atom. The SMILES string of the molecule is O=CCC=Cc1cccc2sc(C(=O)O)cc12. The molecular weight excluding hydrogens is 236 g/mol. The van der Waals surface area contributed by atoms with Crippen LogP contribution in [0.3, 0.4) is 0 Å². The number of rotatable bonds is 4. The van der Waals surface area contributed by atoms with Crippen molar-refractivity contribution < 1.29 is 14.7 Å². The molecule has 2 aromatic rings. The lowest BCUT2D eigenvalue weighted by atomic mass is 10.1. The van der Waals surface area contributed by atoms with Gasteiger partial charge in [-0.3, -0.25) is 0 Å². The standard InChI is InChI=1S/C13H10O3S/c14-7-2-1-4-9-5-3-6-11-10(9)8-12(17-11)13(15)16/h1,3-8H,2H2,(H,15,16). The van der Waals surface area contributed by atoms with Crippen molar-refractivity contribution in [3.8, 4) is 0 Å². The zero-order chi connectivity index (χ0) is 12.3. The Hall–Kier alpha value is -1.94. The molecule has 0 amide bonds. The number of hydrogen-bond donors (Lipinski definition) is 1. The number of carboxylic acid groups (broad SMARTS) is 1. The lowest BCUT2D eigenvalue weighted by Crippen LogP contribution is -1.89. The maximum Gasteiger partial charge on any atom is 0.345 e. The molecule has 1 heterocycles. The van der Waals surface area contributed by atoms with Gasteiger partial charge in [-0.1, -0.05) is 24.3 Å². The first-order chi connectivity index (χ1) is 8.22. The van der Waals surface area contributed by atoms with Gasteiger partial charge in [-0.05, 0) is 17.7 Å². The molecule has 4 heteroatoms. The molecule has 0 aliphatic heterocycles. The molecule has 86 valence electrons. The number of fused-ring (bicyclic) bond motifs is 1. The zero-order valence-electron chi connectivity index (χ0n) is 8.92. The zero-order valence-corrected chi connectivity index (χ0v) is 9.74. The quantitative estimate of drug-likeness (QED) is 0.843. The highest BCUT2D eigenvalue weighted by Gasteiger charge is 2.09. The van der Waals surface area contributed by atoms with Crippen molar-refractivity contribution in [2.45, 2.75) is 6.42 Å². The van der Waals surface area contributed by atoms with Crippen LogP contribution in [0.25, 0.3) is 16.2 Å². The normalized spacial score (nSPS) is 11.1. The molecule has 0 unspecified atom stereocenters. The summed E-state index contributed by atoms with van der Waals surface area (Å²) in [6.07, 6.45) is 4.80. The summed E-state index contributed by atoms with van der Waals surface area (Å²) in [6, 6.07) is 7.35. The molecule has 3 nitrogen and oxygen atoms in total. The van der Waals surface area contributed by atoms with Crippen LogP contribution in [0.1, 0.15) is 21.7 Å². The smallest absolute Gasteiger partial charge is 0.345 e. The second-order valence-electron chi connectivity index (χ2n) is 3.48. The van der Waals surface area contributed by atoms with Crippen LogP contribution in [0.5, 0.6) is 0 Å². The van der Waals surface area contributed by atoms with Gasteiger partial charge in [0.1, 0.15) is 11.2 Å². The van der Waals surface area contributed by atoms with Crippen molar-refractivity contribution in [2.24, 2.45) is 0 Å². The number of carbonyl (C=O) groups excluding carboxylic acids is 1. The average Bonchev–Trinajstić information content (AvgIpc) is 2.74. The van der Waals surface area contributed by atoms with Gasteiger partial charge in [-0.15, -0.1) is 11.3 Å². The van der Waals surface area contributed by atoms with Crippen LogP contribution >= 0.6 is 11.3 Å². The highest BCUT2D eigenvalue weighted by atomic mass is 32.1. The first-order valence-electron chi connectivity index (χ1n) is 5.08. The molecule has 0 aliphatic rings. The van der Waals surface area contributed by atoms with E-state index in [-0.39, 0.29) is 0 Å². The molecule has 0 aliphatic carbocycles. The Bertz CT molecular complexity index is 596. The molecule has 1 N–H and O–H groups in total. The molecule has 0 fully saturated rings. The van der Waals surface area contributed by atoms with Crippen molar-refractivity contribution >= 4 is 39.8 Å². The first kappa shape index (κ1) is 11.5. The molecule has 1 aromatic carbocycles. The lowest BCUT2D eigenvalue weighted by molar-refractivity contribution is -0.107. The van der Waals surface area contributed by atoms with E-state index in [9.17, 15) is 9.59 Å². The van der Waals surface area contributed by atoms with Crippen LogP contribution in [-0.2, 0) is 4.79 Å². The first-order valence-corrected chi connectivity index (χ1v) is 5.90. The molecule has 0 saturated heterocycles. The molecule has 0 atom stereocenters. The fourth-order valence-electron chi connectivity index (χ4n) is 1.58. The maximum absolute atomic E-state index is 10.9. The molecule has 0 saturated carbocycles. The van der Waals surface area contributed by atoms with E-state index >= 15 is 0 Å². The summed E-state index contributed by atoms with van der Waals surface area (Å²) in [5.74, 6) is -0.908. The topological polar surface area (TPSA) is 54.4 Å². The number of aldehydes is 1. The maximum atomic E-state index is 10.9. The minimum absolute atomic E-state index is 0.330. The molecule has 0 spiro atoms. The van der Waals surface area contributed by atoms with Crippen LogP contribution in [0.15, 0.2) is 30.3 Å². The summed E-state index contributed by atoms with van der Waals surface area (Å²) in [5, 5.41) is 9.85. The summed E-state index contributed by atoms with van der Waals surface area (Å²) < 4.78 is 0.940. The van der Waals surface area contributed by atoms with Gasteiger partial charge in [-0.25, -0.2) is 4.79 Å². The predicted octanol–water partition coefficient (Wildman–Crippen LogP) is 3.20. The monoisotopic (exact) mass is 246 g/mol. The van der Waals surface area contributed by atoms with E-state index in [1.54, 1.807) is 12.1 Å². The summed E-state index contributed by atoms with van der Waals surface area (Å²) in [5.41, 5.74) is 0.938.